The van der Waals surface area contributed by atoms with E-state index in [9.17, 15) is 5.11 Å². The summed E-state index contributed by atoms with van der Waals surface area (Å²) in [5.41, 5.74) is 7.00. The summed E-state index contributed by atoms with van der Waals surface area (Å²) in [6.07, 6.45) is 1.60. The molecular formula is C10H13NO2. The van der Waals surface area contributed by atoms with E-state index in [2.05, 4.69) is 6.58 Å². The summed E-state index contributed by atoms with van der Waals surface area (Å²) in [5, 5.41) is 18.1. The minimum absolute atomic E-state index is 0.0857. The number of rotatable bonds is 3. The first-order chi connectivity index (χ1) is 6.19. The minimum atomic E-state index is -0.258. The number of hydrogen-bond acceptors (Lipinski definition) is 3. The van der Waals surface area contributed by atoms with Crippen LogP contribution in [0.5, 0.6) is 5.75 Å². The van der Waals surface area contributed by atoms with Crippen molar-refractivity contribution in [3.05, 3.63) is 42.0 Å². The van der Waals surface area contributed by atoms with Gasteiger partial charge in [-0.1, -0.05) is 12.1 Å². The average molecular weight is 179 g/mol. The smallest absolute Gasteiger partial charge is 0.121 e. The fourth-order valence-corrected chi connectivity index (χ4v) is 1.08. The molecule has 0 saturated carbocycles. The van der Waals surface area contributed by atoms with Crippen LogP contribution in [0.2, 0.25) is 0 Å². The number of phenols is 1. The normalized spacial score (nSPS) is 12.5. The van der Waals surface area contributed by atoms with E-state index in [1.807, 2.05) is 0 Å². The van der Waals surface area contributed by atoms with Crippen molar-refractivity contribution in [1.82, 2.24) is 0 Å². The second-order valence-electron chi connectivity index (χ2n) is 2.81. The van der Waals surface area contributed by atoms with Crippen LogP contribution in [0.25, 0.3) is 0 Å². The fourth-order valence-electron chi connectivity index (χ4n) is 1.08. The molecule has 0 aliphatic rings. The number of hydrogen-bond donors (Lipinski definition) is 3. The van der Waals surface area contributed by atoms with Gasteiger partial charge in [0.05, 0.1) is 6.61 Å². The van der Waals surface area contributed by atoms with E-state index in [1.165, 1.54) is 6.07 Å². The Morgan fingerprint density at radius 2 is 2.23 bits per heavy atom. The summed E-state index contributed by atoms with van der Waals surface area (Å²) in [7, 11) is 0. The molecule has 3 nitrogen and oxygen atoms in total. The topological polar surface area (TPSA) is 66.5 Å². The lowest BCUT2D eigenvalue weighted by Crippen LogP contribution is -2.06. The molecule has 0 bridgehead atoms. The van der Waals surface area contributed by atoms with Crippen LogP contribution in [-0.4, -0.2) is 10.2 Å². The molecule has 0 aliphatic heterocycles. The molecule has 1 aromatic carbocycles. The van der Waals surface area contributed by atoms with E-state index in [0.717, 1.165) is 5.56 Å². The zero-order chi connectivity index (χ0) is 9.84. The van der Waals surface area contributed by atoms with Gasteiger partial charge in [0.1, 0.15) is 5.75 Å². The fraction of sp³-hybridized carbons (Fsp3) is 0.200. The molecule has 0 fully saturated rings. The Kier molecular flexibility index (Phi) is 3.06. The van der Waals surface area contributed by atoms with Crippen LogP contribution >= 0.6 is 0 Å². The lowest BCUT2D eigenvalue weighted by molar-refractivity contribution is 0.275. The van der Waals surface area contributed by atoms with E-state index in [4.69, 9.17) is 10.8 Å². The Hall–Kier alpha value is -1.32. The van der Waals surface area contributed by atoms with E-state index in [0.29, 0.717) is 5.56 Å². The molecule has 0 aromatic heterocycles. The Bertz CT molecular complexity index is 310. The van der Waals surface area contributed by atoms with Gasteiger partial charge in [-0.25, -0.2) is 0 Å². The van der Waals surface area contributed by atoms with Crippen molar-refractivity contribution < 1.29 is 10.2 Å². The van der Waals surface area contributed by atoms with E-state index < -0.39 is 0 Å². The van der Waals surface area contributed by atoms with E-state index in [1.54, 1.807) is 18.2 Å². The highest BCUT2D eigenvalue weighted by molar-refractivity contribution is 5.37. The van der Waals surface area contributed by atoms with Gasteiger partial charge in [0, 0.05) is 11.6 Å². The van der Waals surface area contributed by atoms with Gasteiger partial charge in [-0.05, 0) is 17.7 Å². The maximum Gasteiger partial charge on any atom is 0.121 e. The second kappa shape index (κ2) is 4.07. The van der Waals surface area contributed by atoms with Crippen LogP contribution in [0.4, 0.5) is 0 Å². The highest BCUT2D eigenvalue weighted by Crippen LogP contribution is 2.21. The van der Waals surface area contributed by atoms with Crippen molar-refractivity contribution >= 4 is 0 Å². The molecule has 0 saturated heterocycles. The van der Waals surface area contributed by atoms with E-state index in [-0.39, 0.29) is 18.4 Å². The van der Waals surface area contributed by atoms with Gasteiger partial charge in [-0.3, -0.25) is 0 Å². The molecule has 0 radical (unpaired) electrons. The van der Waals surface area contributed by atoms with Crippen LogP contribution < -0.4 is 5.73 Å². The SMILES string of the molecule is C=C[C@@H](N)c1ccc(O)c(CO)c1. The van der Waals surface area contributed by atoms with Gasteiger partial charge in [-0.2, -0.15) is 0 Å². The highest BCUT2D eigenvalue weighted by atomic mass is 16.3. The van der Waals surface area contributed by atoms with E-state index >= 15 is 0 Å². The summed E-state index contributed by atoms with van der Waals surface area (Å²) < 4.78 is 0. The van der Waals surface area contributed by atoms with Crippen molar-refractivity contribution in [3.63, 3.8) is 0 Å². The zero-order valence-electron chi connectivity index (χ0n) is 7.27. The molecule has 1 aromatic rings. The van der Waals surface area contributed by atoms with Gasteiger partial charge in [-0.15, -0.1) is 6.58 Å². The standard InChI is InChI=1S/C10H13NO2/c1-2-9(11)7-3-4-10(13)8(5-7)6-12/h2-5,9,12-13H,1,6,11H2/t9-/m1/s1. The molecule has 0 heterocycles. The predicted octanol–water partition coefficient (Wildman–Crippen LogP) is 1.07. The molecule has 1 rings (SSSR count). The highest BCUT2D eigenvalue weighted by Gasteiger charge is 2.05. The monoisotopic (exact) mass is 179 g/mol. The largest absolute Gasteiger partial charge is 0.508 e. The number of aliphatic hydroxyl groups is 1. The molecule has 13 heavy (non-hydrogen) atoms. The van der Waals surface area contributed by atoms with Crippen LogP contribution in [0.3, 0.4) is 0 Å². The average Bonchev–Trinajstić information content (AvgIpc) is 2.17. The van der Waals surface area contributed by atoms with Gasteiger partial charge in [0.25, 0.3) is 0 Å². The number of aromatic hydroxyl groups is 1. The molecule has 70 valence electrons. The Morgan fingerprint density at radius 3 is 2.77 bits per heavy atom. The van der Waals surface area contributed by atoms with Crippen molar-refractivity contribution in [1.29, 1.82) is 0 Å². The minimum Gasteiger partial charge on any atom is -0.508 e. The summed E-state index contributed by atoms with van der Waals surface area (Å²) >= 11 is 0. The summed E-state index contributed by atoms with van der Waals surface area (Å²) in [6.45, 7) is 3.37. The molecule has 0 aliphatic carbocycles. The quantitative estimate of drug-likeness (QED) is 0.608. The molecule has 4 N–H and O–H groups in total. The first-order valence-electron chi connectivity index (χ1n) is 4.00. The predicted molar refractivity (Wildman–Crippen MR) is 51.2 cm³/mol. The summed E-state index contributed by atoms with van der Waals surface area (Å²) in [6, 6.07) is 4.64. The lowest BCUT2D eigenvalue weighted by atomic mass is 10.0. The molecule has 0 amide bonds. The summed E-state index contributed by atoms with van der Waals surface area (Å²) in [4.78, 5) is 0. The van der Waals surface area contributed by atoms with Crippen LogP contribution in [-0.2, 0) is 6.61 Å². The second-order valence-corrected chi connectivity index (χ2v) is 2.81. The van der Waals surface area contributed by atoms with Crippen LogP contribution in [0.15, 0.2) is 30.9 Å². The number of aliphatic hydroxyl groups excluding tert-OH is 1. The molecular weight excluding hydrogens is 166 g/mol. The maximum atomic E-state index is 9.26. The first-order valence-corrected chi connectivity index (χ1v) is 4.00. The maximum absolute atomic E-state index is 9.26. The van der Waals surface area contributed by atoms with Gasteiger partial charge in [0.2, 0.25) is 0 Å². The van der Waals surface area contributed by atoms with Crippen molar-refractivity contribution in [2.45, 2.75) is 12.6 Å². The Labute approximate surface area is 77.1 Å². The van der Waals surface area contributed by atoms with Gasteiger partial charge >= 0.3 is 0 Å². The van der Waals surface area contributed by atoms with Crippen LogP contribution in [0, 0.1) is 0 Å². The third-order valence-corrected chi connectivity index (χ3v) is 1.91. The first kappa shape index (κ1) is 9.77. The lowest BCUT2D eigenvalue weighted by Gasteiger charge is -2.08. The zero-order valence-corrected chi connectivity index (χ0v) is 7.27. The van der Waals surface area contributed by atoms with Crippen molar-refractivity contribution in [2.24, 2.45) is 5.73 Å². The molecule has 0 spiro atoms. The van der Waals surface area contributed by atoms with Gasteiger partial charge in [0.15, 0.2) is 0 Å². The third kappa shape index (κ3) is 2.08. The summed E-state index contributed by atoms with van der Waals surface area (Å²) in [5.74, 6) is 0.0857. The van der Waals surface area contributed by atoms with Crippen molar-refractivity contribution in [2.75, 3.05) is 0 Å². The third-order valence-electron chi connectivity index (χ3n) is 1.91. The Balaban J connectivity index is 3.05. The van der Waals surface area contributed by atoms with Crippen LogP contribution in [0.1, 0.15) is 17.2 Å². The Morgan fingerprint density at radius 1 is 1.54 bits per heavy atom. The number of benzene rings is 1. The van der Waals surface area contributed by atoms with Gasteiger partial charge < -0.3 is 15.9 Å². The molecule has 0 unspecified atom stereocenters. The van der Waals surface area contributed by atoms with Crippen molar-refractivity contribution in [3.8, 4) is 5.75 Å². The number of nitrogens with two attached hydrogens (primary N) is 1. The molecule has 3 heteroatoms. The molecule has 1 atom stereocenters.